The standard InChI is InChI=1S/C17H31N3S/c1-15(20-10-6-3-7-11-20)12-18-16-19-13-17(14-21-16)8-4-2-5-9-17/h15H,2-14H2,1H3,(H,18,19). The van der Waals surface area contributed by atoms with Crippen LogP contribution in [0.2, 0.25) is 0 Å². The van der Waals surface area contributed by atoms with E-state index >= 15 is 0 Å². The molecule has 3 rings (SSSR count). The summed E-state index contributed by atoms with van der Waals surface area (Å²) in [7, 11) is 0. The molecule has 1 N–H and O–H groups in total. The summed E-state index contributed by atoms with van der Waals surface area (Å²) in [5, 5.41) is 4.82. The van der Waals surface area contributed by atoms with E-state index < -0.39 is 0 Å². The van der Waals surface area contributed by atoms with Gasteiger partial charge in [-0.1, -0.05) is 37.4 Å². The molecule has 2 heterocycles. The fourth-order valence-electron chi connectivity index (χ4n) is 3.99. The van der Waals surface area contributed by atoms with Crippen LogP contribution in [0.5, 0.6) is 0 Å². The van der Waals surface area contributed by atoms with Gasteiger partial charge in [0.1, 0.15) is 0 Å². The Bertz CT molecular complexity index is 357. The van der Waals surface area contributed by atoms with Gasteiger partial charge in [-0.25, -0.2) is 0 Å². The Morgan fingerprint density at radius 2 is 1.86 bits per heavy atom. The van der Waals surface area contributed by atoms with Crippen LogP contribution in [0.25, 0.3) is 0 Å². The van der Waals surface area contributed by atoms with Crippen molar-refractivity contribution >= 4 is 16.9 Å². The lowest BCUT2D eigenvalue weighted by Crippen LogP contribution is -2.45. The number of thioether (sulfide) groups is 1. The number of likely N-dealkylation sites (tertiary alicyclic amines) is 1. The van der Waals surface area contributed by atoms with E-state index in [1.807, 2.05) is 11.8 Å². The summed E-state index contributed by atoms with van der Waals surface area (Å²) in [5.41, 5.74) is 0.548. The molecule has 1 unspecified atom stereocenters. The van der Waals surface area contributed by atoms with Crippen LogP contribution in [0, 0.1) is 5.41 Å². The van der Waals surface area contributed by atoms with Crippen LogP contribution in [-0.4, -0.2) is 48.0 Å². The number of rotatable bonds is 3. The maximum Gasteiger partial charge on any atom is 0.156 e. The average Bonchev–Trinajstić information content (AvgIpc) is 2.56. The normalized spacial score (nSPS) is 28.1. The zero-order chi connectivity index (χ0) is 14.5. The smallest absolute Gasteiger partial charge is 0.156 e. The number of hydrogen-bond acceptors (Lipinski definition) is 4. The van der Waals surface area contributed by atoms with Gasteiger partial charge in [-0.3, -0.25) is 9.89 Å². The highest BCUT2D eigenvalue weighted by Crippen LogP contribution is 2.41. The minimum absolute atomic E-state index is 0.548. The van der Waals surface area contributed by atoms with E-state index in [1.165, 1.54) is 75.4 Å². The van der Waals surface area contributed by atoms with Crippen LogP contribution >= 0.6 is 11.8 Å². The SMILES string of the molecule is CC(CNC1=NCC2(CCCCC2)CS1)N1CCCCC1. The Balaban J connectivity index is 1.43. The zero-order valence-corrected chi connectivity index (χ0v) is 14.4. The molecule has 1 atom stereocenters. The molecule has 2 aliphatic heterocycles. The Kier molecular flexibility index (Phi) is 5.49. The van der Waals surface area contributed by atoms with Crippen molar-refractivity contribution < 1.29 is 0 Å². The van der Waals surface area contributed by atoms with Crippen molar-refractivity contribution in [3.05, 3.63) is 0 Å². The zero-order valence-electron chi connectivity index (χ0n) is 13.6. The molecule has 1 aliphatic carbocycles. The lowest BCUT2D eigenvalue weighted by molar-refractivity contribution is 0.175. The average molecular weight is 310 g/mol. The second-order valence-corrected chi connectivity index (χ2v) is 8.26. The topological polar surface area (TPSA) is 27.6 Å². The number of piperidine rings is 1. The Hall–Kier alpha value is -0.220. The quantitative estimate of drug-likeness (QED) is 0.864. The Morgan fingerprint density at radius 1 is 1.14 bits per heavy atom. The molecule has 0 radical (unpaired) electrons. The van der Waals surface area contributed by atoms with Gasteiger partial charge in [0.05, 0.1) is 0 Å². The van der Waals surface area contributed by atoms with Gasteiger partial charge in [-0.15, -0.1) is 0 Å². The Morgan fingerprint density at radius 3 is 2.52 bits per heavy atom. The van der Waals surface area contributed by atoms with E-state index in [0.29, 0.717) is 11.5 Å². The lowest BCUT2D eigenvalue weighted by atomic mass is 9.75. The molecule has 3 aliphatic rings. The van der Waals surface area contributed by atoms with Crippen LogP contribution in [0.4, 0.5) is 0 Å². The molecule has 0 aromatic carbocycles. The Labute approximate surface area is 134 Å². The molecule has 1 spiro atoms. The molecular weight excluding hydrogens is 278 g/mol. The van der Waals surface area contributed by atoms with Crippen molar-refractivity contribution in [2.45, 2.75) is 64.3 Å². The molecule has 0 aromatic rings. The highest BCUT2D eigenvalue weighted by atomic mass is 32.2. The van der Waals surface area contributed by atoms with E-state index in [9.17, 15) is 0 Å². The van der Waals surface area contributed by atoms with Gasteiger partial charge in [0, 0.05) is 24.9 Å². The number of aliphatic imine (C=N–C) groups is 1. The maximum absolute atomic E-state index is 4.87. The van der Waals surface area contributed by atoms with Gasteiger partial charge in [-0.2, -0.15) is 0 Å². The summed E-state index contributed by atoms with van der Waals surface area (Å²) in [4.78, 5) is 7.51. The predicted octanol–water partition coefficient (Wildman–Crippen LogP) is 3.50. The van der Waals surface area contributed by atoms with Gasteiger partial charge < -0.3 is 5.32 Å². The predicted molar refractivity (Wildman–Crippen MR) is 93.2 cm³/mol. The van der Waals surface area contributed by atoms with Crippen LogP contribution in [0.1, 0.15) is 58.3 Å². The molecule has 0 amide bonds. The van der Waals surface area contributed by atoms with Gasteiger partial charge in [0.15, 0.2) is 5.17 Å². The summed E-state index contributed by atoms with van der Waals surface area (Å²) >= 11 is 1.98. The summed E-state index contributed by atoms with van der Waals surface area (Å²) in [6.07, 6.45) is 11.3. The molecular formula is C17H31N3S. The van der Waals surface area contributed by atoms with Crippen molar-refractivity contribution in [2.24, 2.45) is 10.4 Å². The van der Waals surface area contributed by atoms with Crippen molar-refractivity contribution in [3.63, 3.8) is 0 Å². The molecule has 0 aromatic heterocycles. The molecule has 0 bridgehead atoms. The van der Waals surface area contributed by atoms with Crippen LogP contribution in [0.15, 0.2) is 4.99 Å². The first-order chi connectivity index (χ1) is 10.3. The first-order valence-electron chi connectivity index (χ1n) is 8.93. The first kappa shape index (κ1) is 15.7. The summed E-state index contributed by atoms with van der Waals surface area (Å²) in [6, 6.07) is 0.638. The van der Waals surface area contributed by atoms with Gasteiger partial charge in [0.25, 0.3) is 0 Å². The monoisotopic (exact) mass is 309 g/mol. The van der Waals surface area contributed by atoms with Crippen LogP contribution in [0.3, 0.4) is 0 Å². The van der Waals surface area contributed by atoms with Crippen LogP contribution in [-0.2, 0) is 0 Å². The fraction of sp³-hybridized carbons (Fsp3) is 0.941. The molecule has 2 fully saturated rings. The molecule has 1 saturated heterocycles. The third-order valence-electron chi connectivity index (χ3n) is 5.55. The van der Waals surface area contributed by atoms with E-state index in [4.69, 9.17) is 4.99 Å². The third kappa shape index (κ3) is 4.16. The summed E-state index contributed by atoms with van der Waals surface area (Å²) in [6.45, 7) is 7.05. The van der Waals surface area contributed by atoms with E-state index in [1.54, 1.807) is 0 Å². The van der Waals surface area contributed by atoms with Crippen molar-refractivity contribution in [2.75, 3.05) is 31.9 Å². The molecule has 1 saturated carbocycles. The minimum Gasteiger partial charge on any atom is -0.363 e. The number of nitrogens with zero attached hydrogens (tertiary/aromatic N) is 2. The second kappa shape index (κ2) is 7.36. The van der Waals surface area contributed by atoms with Crippen molar-refractivity contribution in [1.29, 1.82) is 0 Å². The van der Waals surface area contributed by atoms with Gasteiger partial charge in [0.2, 0.25) is 0 Å². The highest BCUT2D eigenvalue weighted by Gasteiger charge is 2.34. The van der Waals surface area contributed by atoms with Crippen molar-refractivity contribution in [3.8, 4) is 0 Å². The van der Waals surface area contributed by atoms with E-state index in [0.717, 1.165) is 13.1 Å². The number of hydrogen-bond donors (Lipinski definition) is 1. The number of nitrogens with one attached hydrogen (secondary N) is 1. The maximum atomic E-state index is 4.87. The lowest BCUT2D eigenvalue weighted by Gasteiger charge is -2.39. The minimum atomic E-state index is 0.548. The first-order valence-corrected chi connectivity index (χ1v) is 9.91. The van der Waals surface area contributed by atoms with Crippen molar-refractivity contribution in [1.82, 2.24) is 10.2 Å². The van der Waals surface area contributed by atoms with E-state index in [-0.39, 0.29) is 0 Å². The van der Waals surface area contributed by atoms with Gasteiger partial charge in [-0.05, 0) is 51.1 Å². The van der Waals surface area contributed by atoms with E-state index in [2.05, 4.69) is 17.1 Å². The molecule has 21 heavy (non-hydrogen) atoms. The third-order valence-corrected chi connectivity index (χ3v) is 6.85. The number of amidine groups is 1. The summed E-state index contributed by atoms with van der Waals surface area (Å²) in [5.74, 6) is 1.29. The van der Waals surface area contributed by atoms with Crippen LogP contribution < -0.4 is 5.32 Å². The second-order valence-electron chi connectivity index (χ2n) is 7.30. The molecule has 3 nitrogen and oxygen atoms in total. The van der Waals surface area contributed by atoms with Gasteiger partial charge >= 0.3 is 0 Å². The molecule has 120 valence electrons. The fourth-order valence-corrected chi connectivity index (χ4v) is 5.15. The summed E-state index contributed by atoms with van der Waals surface area (Å²) < 4.78 is 0. The molecule has 4 heteroatoms. The highest BCUT2D eigenvalue weighted by molar-refractivity contribution is 8.13. The largest absolute Gasteiger partial charge is 0.363 e.